The van der Waals surface area contributed by atoms with Crippen LogP contribution in [0.15, 0.2) is 34.2 Å². The molecule has 9 nitrogen and oxygen atoms in total. The fourth-order valence-corrected chi connectivity index (χ4v) is 3.59. The highest BCUT2D eigenvalue weighted by Crippen LogP contribution is 2.34. The SMILES string of the molecule is CCOC(=O)Cc1csc(NC(=O)Cc2cc(-c3ccc4c(c3)OCCO4)on2)n1. The number of nitrogens with one attached hydrogen (secondary N) is 1. The lowest BCUT2D eigenvalue weighted by atomic mass is 10.1. The van der Waals surface area contributed by atoms with Crippen molar-refractivity contribution in [1.29, 1.82) is 0 Å². The van der Waals surface area contributed by atoms with Gasteiger partial charge in [0.25, 0.3) is 0 Å². The molecular weight excluding hydrogens is 410 g/mol. The molecule has 0 atom stereocenters. The van der Waals surface area contributed by atoms with Crippen LogP contribution in [0, 0.1) is 0 Å². The average molecular weight is 429 g/mol. The number of nitrogens with zero attached hydrogens (tertiary/aromatic N) is 2. The van der Waals surface area contributed by atoms with Crippen LogP contribution in [0.3, 0.4) is 0 Å². The van der Waals surface area contributed by atoms with Crippen LogP contribution < -0.4 is 14.8 Å². The Labute approximate surface area is 175 Å². The molecule has 30 heavy (non-hydrogen) atoms. The number of esters is 1. The van der Waals surface area contributed by atoms with E-state index in [1.807, 2.05) is 18.2 Å². The molecule has 156 valence electrons. The zero-order valence-electron chi connectivity index (χ0n) is 16.2. The van der Waals surface area contributed by atoms with Gasteiger partial charge in [-0.15, -0.1) is 11.3 Å². The van der Waals surface area contributed by atoms with E-state index in [1.165, 1.54) is 11.3 Å². The van der Waals surface area contributed by atoms with Gasteiger partial charge in [0.05, 0.1) is 30.8 Å². The first-order chi connectivity index (χ1) is 14.6. The quantitative estimate of drug-likeness (QED) is 0.571. The summed E-state index contributed by atoms with van der Waals surface area (Å²) in [5, 5.41) is 8.79. The molecule has 2 aromatic heterocycles. The smallest absolute Gasteiger partial charge is 0.311 e. The number of hydrogen-bond acceptors (Lipinski definition) is 9. The summed E-state index contributed by atoms with van der Waals surface area (Å²) < 4.78 is 21.3. The summed E-state index contributed by atoms with van der Waals surface area (Å²) in [6.45, 7) is 3.08. The Hall–Kier alpha value is -3.40. The fraction of sp³-hybridized carbons (Fsp3) is 0.300. The molecule has 1 N–H and O–H groups in total. The van der Waals surface area contributed by atoms with Crippen LogP contribution in [0.5, 0.6) is 11.5 Å². The number of aromatic nitrogens is 2. The third-order valence-corrected chi connectivity index (χ3v) is 4.96. The first kappa shape index (κ1) is 19.9. The van der Waals surface area contributed by atoms with Crippen LogP contribution in [0.25, 0.3) is 11.3 Å². The van der Waals surface area contributed by atoms with Gasteiger partial charge in [-0.2, -0.15) is 0 Å². The second kappa shape index (κ2) is 8.95. The van der Waals surface area contributed by atoms with E-state index < -0.39 is 0 Å². The van der Waals surface area contributed by atoms with Crippen molar-refractivity contribution in [2.45, 2.75) is 19.8 Å². The molecule has 10 heteroatoms. The average Bonchev–Trinajstić information content (AvgIpc) is 3.37. The molecule has 0 aliphatic carbocycles. The lowest BCUT2D eigenvalue weighted by Gasteiger charge is -2.18. The van der Waals surface area contributed by atoms with Crippen LogP contribution in [-0.2, 0) is 27.2 Å². The summed E-state index contributed by atoms with van der Waals surface area (Å²) in [6.07, 6.45) is 0.100. The van der Waals surface area contributed by atoms with Crippen molar-refractivity contribution >= 4 is 28.3 Å². The summed E-state index contributed by atoms with van der Waals surface area (Å²) in [5.41, 5.74) is 1.82. The van der Waals surface area contributed by atoms with Gasteiger partial charge in [0.15, 0.2) is 22.4 Å². The van der Waals surface area contributed by atoms with Crippen molar-refractivity contribution in [1.82, 2.24) is 10.1 Å². The van der Waals surface area contributed by atoms with Gasteiger partial charge in [-0.3, -0.25) is 9.59 Å². The number of carbonyl (C=O) groups is 2. The summed E-state index contributed by atoms with van der Waals surface area (Å²) in [5.74, 6) is 1.23. The van der Waals surface area contributed by atoms with Crippen LogP contribution in [0.2, 0.25) is 0 Å². The van der Waals surface area contributed by atoms with Crippen molar-refractivity contribution in [3.05, 3.63) is 41.0 Å². The van der Waals surface area contributed by atoms with E-state index >= 15 is 0 Å². The molecule has 0 fully saturated rings. The number of amides is 1. The van der Waals surface area contributed by atoms with E-state index in [4.69, 9.17) is 18.7 Å². The predicted octanol–water partition coefficient (Wildman–Crippen LogP) is 2.86. The van der Waals surface area contributed by atoms with Gasteiger partial charge < -0.3 is 24.1 Å². The third kappa shape index (κ3) is 4.77. The Balaban J connectivity index is 1.35. The van der Waals surface area contributed by atoms with E-state index in [1.54, 1.807) is 18.4 Å². The number of hydrogen-bond donors (Lipinski definition) is 1. The fourth-order valence-electron chi connectivity index (χ4n) is 2.86. The highest BCUT2D eigenvalue weighted by molar-refractivity contribution is 7.13. The Kier molecular flexibility index (Phi) is 5.94. The zero-order chi connectivity index (χ0) is 20.9. The summed E-state index contributed by atoms with van der Waals surface area (Å²) in [6, 6.07) is 7.19. The molecule has 4 rings (SSSR count). The highest BCUT2D eigenvalue weighted by Gasteiger charge is 2.16. The number of carbonyl (C=O) groups excluding carboxylic acids is 2. The molecule has 1 amide bonds. The normalized spacial score (nSPS) is 12.4. The minimum absolute atomic E-state index is 0.0286. The first-order valence-corrected chi connectivity index (χ1v) is 10.2. The summed E-state index contributed by atoms with van der Waals surface area (Å²) >= 11 is 1.24. The molecule has 3 heterocycles. The Morgan fingerprint density at radius 1 is 1.13 bits per heavy atom. The molecule has 1 aliphatic heterocycles. The van der Waals surface area contributed by atoms with E-state index in [0.29, 0.717) is 53.6 Å². The third-order valence-electron chi connectivity index (χ3n) is 4.16. The molecule has 1 aliphatic rings. The number of fused-ring (bicyclic) bond motifs is 1. The van der Waals surface area contributed by atoms with Gasteiger partial charge in [0.2, 0.25) is 5.91 Å². The van der Waals surface area contributed by atoms with E-state index in [-0.39, 0.29) is 24.7 Å². The molecule has 0 bridgehead atoms. The second-order valence-corrected chi connectivity index (χ2v) is 7.25. The van der Waals surface area contributed by atoms with Gasteiger partial charge in [0.1, 0.15) is 13.2 Å². The predicted molar refractivity (Wildman–Crippen MR) is 108 cm³/mol. The Morgan fingerprint density at radius 2 is 1.97 bits per heavy atom. The van der Waals surface area contributed by atoms with Gasteiger partial charge in [-0.05, 0) is 25.1 Å². The van der Waals surface area contributed by atoms with Crippen molar-refractivity contribution in [3.8, 4) is 22.8 Å². The van der Waals surface area contributed by atoms with Crippen molar-refractivity contribution in [2.24, 2.45) is 0 Å². The van der Waals surface area contributed by atoms with Gasteiger partial charge >= 0.3 is 5.97 Å². The standard InChI is InChI=1S/C20H19N3O6S/c1-2-26-19(25)10-14-11-30-20(21-14)22-18(24)9-13-8-16(29-23-13)12-3-4-15-17(7-12)28-6-5-27-15/h3-4,7-8,11H,2,5-6,9-10H2,1H3,(H,21,22,24). The minimum Gasteiger partial charge on any atom is -0.486 e. The van der Waals surface area contributed by atoms with Crippen molar-refractivity contribution < 1.29 is 28.3 Å². The summed E-state index contributed by atoms with van der Waals surface area (Å²) in [4.78, 5) is 28.0. The number of benzene rings is 1. The maximum atomic E-state index is 12.3. The molecule has 3 aromatic rings. The van der Waals surface area contributed by atoms with Gasteiger partial charge in [-0.1, -0.05) is 5.16 Å². The number of ether oxygens (including phenoxy) is 3. The monoisotopic (exact) mass is 429 g/mol. The van der Waals surface area contributed by atoms with Crippen LogP contribution in [-0.4, -0.2) is 41.8 Å². The van der Waals surface area contributed by atoms with Gasteiger partial charge in [-0.25, -0.2) is 4.98 Å². The molecule has 0 unspecified atom stereocenters. The Morgan fingerprint density at radius 3 is 2.80 bits per heavy atom. The lowest BCUT2D eigenvalue weighted by molar-refractivity contribution is -0.142. The molecule has 0 radical (unpaired) electrons. The van der Waals surface area contributed by atoms with E-state index in [2.05, 4.69) is 15.5 Å². The van der Waals surface area contributed by atoms with Crippen LogP contribution in [0.1, 0.15) is 18.3 Å². The van der Waals surface area contributed by atoms with Crippen molar-refractivity contribution in [3.63, 3.8) is 0 Å². The maximum Gasteiger partial charge on any atom is 0.311 e. The lowest BCUT2D eigenvalue weighted by Crippen LogP contribution is -2.15. The molecule has 1 aromatic carbocycles. The molecule has 0 spiro atoms. The second-order valence-electron chi connectivity index (χ2n) is 6.39. The highest BCUT2D eigenvalue weighted by atomic mass is 32.1. The minimum atomic E-state index is -0.352. The van der Waals surface area contributed by atoms with Crippen molar-refractivity contribution in [2.75, 3.05) is 25.1 Å². The zero-order valence-corrected chi connectivity index (χ0v) is 17.0. The maximum absolute atomic E-state index is 12.3. The van der Waals surface area contributed by atoms with Crippen LogP contribution in [0.4, 0.5) is 5.13 Å². The number of rotatable bonds is 7. The molecule has 0 saturated carbocycles. The first-order valence-electron chi connectivity index (χ1n) is 9.36. The largest absolute Gasteiger partial charge is 0.486 e. The summed E-state index contributed by atoms with van der Waals surface area (Å²) in [7, 11) is 0. The van der Waals surface area contributed by atoms with E-state index in [0.717, 1.165) is 5.56 Å². The van der Waals surface area contributed by atoms with E-state index in [9.17, 15) is 9.59 Å². The topological polar surface area (TPSA) is 113 Å². The van der Waals surface area contributed by atoms with Gasteiger partial charge in [0, 0.05) is 17.0 Å². The number of thiazole rings is 1. The molecular formula is C20H19N3O6S. The van der Waals surface area contributed by atoms with Crippen LogP contribution >= 0.6 is 11.3 Å². The number of anilines is 1. The Bertz CT molecular complexity index is 1060. The molecule has 0 saturated heterocycles.